The first kappa shape index (κ1) is 10.4. The van der Waals surface area contributed by atoms with Crippen LogP contribution in [0.1, 0.15) is 30.4 Å². The molecule has 82 valence electrons. The molecular formula is C9H10F3N3. The third-order valence-corrected chi connectivity index (χ3v) is 2.34. The van der Waals surface area contributed by atoms with E-state index in [1.165, 1.54) is 0 Å². The summed E-state index contributed by atoms with van der Waals surface area (Å²) in [6.07, 6.45) is -1.49. The van der Waals surface area contributed by atoms with Crippen LogP contribution in [0.3, 0.4) is 0 Å². The molecule has 15 heavy (non-hydrogen) atoms. The third-order valence-electron chi connectivity index (χ3n) is 2.34. The summed E-state index contributed by atoms with van der Waals surface area (Å²) in [5.74, 6) is 0.238. The van der Waals surface area contributed by atoms with Crippen LogP contribution in [-0.2, 0) is 6.18 Å². The van der Waals surface area contributed by atoms with Crippen LogP contribution in [0.2, 0.25) is 0 Å². The molecule has 0 amide bonds. The predicted molar refractivity (Wildman–Crippen MR) is 47.0 cm³/mol. The van der Waals surface area contributed by atoms with Crippen molar-refractivity contribution in [1.82, 2.24) is 15.3 Å². The maximum atomic E-state index is 12.3. The minimum atomic E-state index is -4.39. The van der Waals surface area contributed by atoms with E-state index >= 15 is 0 Å². The number of hydrogen-bond acceptors (Lipinski definition) is 3. The number of aromatic nitrogens is 2. The number of hydrogen-bond donors (Lipinski definition) is 1. The first-order valence-corrected chi connectivity index (χ1v) is 4.71. The van der Waals surface area contributed by atoms with Crippen molar-refractivity contribution in [3.05, 3.63) is 23.8 Å². The molecule has 1 aromatic rings. The lowest BCUT2D eigenvalue weighted by molar-refractivity contribution is -0.141. The Labute approximate surface area is 84.7 Å². The number of rotatable bonds is 1. The number of nitrogens with one attached hydrogen (secondary N) is 1. The van der Waals surface area contributed by atoms with E-state index in [9.17, 15) is 13.2 Å². The Kier molecular flexibility index (Phi) is 2.60. The van der Waals surface area contributed by atoms with Gasteiger partial charge in [-0.3, -0.25) is 0 Å². The highest BCUT2D eigenvalue weighted by atomic mass is 19.4. The van der Waals surface area contributed by atoms with Crippen LogP contribution >= 0.6 is 0 Å². The van der Waals surface area contributed by atoms with Crippen LogP contribution in [0.4, 0.5) is 13.2 Å². The molecule has 0 spiro atoms. The molecule has 1 N–H and O–H groups in total. The predicted octanol–water partition coefficient (Wildman–Crippen LogP) is 1.92. The van der Waals surface area contributed by atoms with Crippen LogP contribution in [0, 0.1) is 0 Å². The smallest absolute Gasteiger partial charge is 0.307 e. The van der Waals surface area contributed by atoms with Crippen LogP contribution in [0.15, 0.2) is 12.3 Å². The molecule has 2 heterocycles. The Morgan fingerprint density at radius 2 is 2.20 bits per heavy atom. The second-order valence-electron chi connectivity index (χ2n) is 3.45. The van der Waals surface area contributed by atoms with Gasteiger partial charge in [-0.2, -0.15) is 13.2 Å². The molecule has 0 aromatic carbocycles. The molecule has 1 aliphatic rings. The van der Waals surface area contributed by atoms with Gasteiger partial charge < -0.3 is 5.32 Å². The van der Waals surface area contributed by atoms with Gasteiger partial charge in [0.2, 0.25) is 0 Å². The highest BCUT2D eigenvalue weighted by molar-refractivity contribution is 5.09. The zero-order chi connectivity index (χ0) is 10.9. The summed E-state index contributed by atoms with van der Waals surface area (Å²) in [4.78, 5) is 7.39. The van der Waals surface area contributed by atoms with E-state index in [0.717, 1.165) is 31.6 Å². The summed E-state index contributed by atoms with van der Waals surface area (Å²) in [6.45, 7) is 0.810. The van der Waals surface area contributed by atoms with E-state index < -0.39 is 11.9 Å². The molecule has 1 aliphatic heterocycles. The third kappa shape index (κ3) is 2.26. The van der Waals surface area contributed by atoms with Crippen LogP contribution in [0.5, 0.6) is 0 Å². The molecule has 0 aliphatic carbocycles. The minimum Gasteiger partial charge on any atom is -0.307 e. The van der Waals surface area contributed by atoms with Gasteiger partial charge in [0.05, 0.1) is 6.04 Å². The molecule has 1 saturated heterocycles. The molecule has 1 atom stereocenters. The molecule has 1 fully saturated rings. The standard InChI is InChI=1S/C9H10F3N3/c10-9(11,12)7-3-5-14-8(15-7)6-2-1-4-13-6/h3,5-6,13H,1-2,4H2/t6-/m0/s1. The number of nitrogens with zero attached hydrogens (tertiary/aromatic N) is 2. The van der Waals surface area contributed by atoms with Crippen molar-refractivity contribution >= 4 is 0 Å². The molecule has 1 aromatic heterocycles. The van der Waals surface area contributed by atoms with Gasteiger partial charge in [-0.05, 0) is 25.5 Å². The molecule has 2 rings (SSSR count). The maximum absolute atomic E-state index is 12.3. The Hall–Kier alpha value is -1.17. The lowest BCUT2D eigenvalue weighted by atomic mass is 10.2. The summed E-state index contributed by atoms with van der Waals surface area (Å²) in [6, 6.07) is 0.755. The monoisotopic (exact) mass is 217 g/mol. The van der Waals surface area contributed by atoms with Gasteiger partial charge in [0.15, 0.2) is 0 Å². The highest BCUT2D eigenvalue weighted by Gasteiger charge is 2.33. The minimum absolute atomic E-state index is 0.132. The van der Waals surface area contributed by atoms with E-state index in [1.54, 1.807) is 0 Å². The largest absolute Gasteiger partial charge is 0.433 e. The fourth-order valence-electron chi connectivity index (χ4n) is 1.60. The molecule has 0 radical (unpaired) electrons. The Morgan fingerprint density at radius 1 is 1.40 bits per heavy atom. The highest BCUT2D eigenvalue weighted by Crippen LogP contribution is 2.28. The fraction of sp³-hybridized carbons (Fsp3) is 0.556. The van der Waals surface area contributed by atoms with Crippen molar-refractivity contribution in [3.63, 3.8) is 0 Å². The Balaban J connectivity index is 2.26. The zero-order valence-electron chi connectivity index (χ0n) is 7.88. The second kappa shape index (κ2) is 3.77. The molecule has 0 saturated carbocycles. The second-order valence-corrected chi connectivity index (χ2v) is 3.45. The van der Waals surface area contributed by atoms with E-state index in [-0.39, 0.29) is 11.9 Å². The van der Waals surface area contributed by atoms with Crippen molar-refractivity contribution in [1.29, 1.82) is 0 Å². The molecular weight excluding hydrogens is 207 g/mol. The van der Waals surface area contributed by atoms with Gasteiger partial charge in [-0.15, -0.1) is 0 Å². The number of halogens is 3. The summed E-state index contributed by atoms with van der Waals surface area (Å²) >= 11 is 0. The van der Waals surface area contributed by atoms with Gasteiger partial charge in [-0.25, -0.2) is 9.97 Å². The van der Waals surface area contributed by atoms with Gasteiger partial charge in [0.25, 0.3) is 0 Å². The van der Waals surface area contributed by atoms with Gasteiger partial charge in [0, 0.05) is 6.20 Å². The van der Waals surface area contributed by atoms with E-state index in [1.807, 2.05) is 0 Å². The normalized spacial score (nSPS) is 21.9. The van der Waals surface area contributed by atoms with Crippen molar-refractivity contribution < 1.29 is 13.2 Å². The van der Waals surface area contributed by atoms with Crippen LogP contribution in [0.25, 0.3) is 0 Å². The Morgan fingerprint density at radius 3 is 2.80 bits per heavy atom. The Bertz CT molecular complexity index is 345. The average Bonchev–Trinajstić information content (AvgIpc) is 2.69. The van der Waals surface area contributed by atoms with Crippen molar-refractivity contribution in [3.8, 4) is 0 Å². The van der Waals surface area contributed by atoms with E-state index in [0.29, 0.717) is 0 Å². The lowest BCUT2D eigenvalue weighted by Gasteiger charge is -2.11. The van der Waals surface area contributed by atoms with E-state index in [4.69, 9.17) is 0 Å². The number of alkyl halides is 3. The zero-order valence-corrected chi connectivity index (χ0v) is 7.88. The lowest BCUT2D eigenvalue weighted by Crippen LogP contribution is -2.18. The molecule has 6 heteroatoms. The van der Waals surface area contributed by atoms with Crippen molar-refractivity contribution in [2.24, 2.45) is 0 Å². The molecule has 0 unspecified atom stereocenters. The SMILES string of the molecule is FC(F)(F)c1ccnc([C@@H]2CCCN2)n1. The van der Waals surface area contributed by atoms with Crippen LogP contribution in [-0.4, -0.2) is 16.5 Å². The topological polar surface area (TPSA) is 37.8 Å². The quantitative estimate of drug-likeness (QED) is 0.780. The summed E-state index contributed by atoms with van der Waals surface area (Å²) in [5.41, 5.74) is -0.874. The average molecular weight is 217 g/mol. The summed E-state index contributed by atoms with van der Waals surface area (Å²) in [7, 11) is 0. The van der Waals surface area contributed by atoms with Gasteiger partial charge in [-0.1, -0.05) is 0 Å². The molecule has 0 bridgehead atoms. The van der Waals surface area contributed by atoms with Gasteiger partial charge in [0.1, 0.15) is 11.5 Å². The van der Waals surface area contributed by atoms with Crippen molar-refractivity contribution in [2.45, 2.75) is 25.1 Å². The first-order valence-electron chi connectivity index (χ1n) is 4.71. The van der Waals surface area contributed by atoms with Crippen molar-refractivity contribution in [2.75, 3.05) is 6.54 Å². The van der Waals surface area contributed by atoms with Crippen LogP contribution < -0.4 is 5.32 Å². The fourth-order valence-corrected chi connectivity index (χ4v) is 1.60. The van der Waals surface area contributed by atoms with E-state index in [2.05, 4.69) is 15.3 Å². The van der Waals surface area contributed by atoms with Gasteiger partial charge >= 0.3 is 6.18 Å². The molecule has 3 nitrogen and oxygen atoms in total. The first-order chi connectivity index (χ1) is 7.07. The maximum Gasteiger partial charge on any atom is 0.433 e. The summed E-state index contributed by atoms with van der Waals surface area (Å²) < 4.78 is 37.0. The summed E-state index contributed by atoms with van der Waals surface area (Å²) in [5, 5.41) is 3.06.